The molecule has 4 aromatic rings. The van der Waals surface area contributed by atoms with Gasteiger partial charge >= 0.3 is 0 Å². The number of thiophene rings is 1. The fourth-order valence-corrected chi connectivity index (χ4v) is 4.62. The molecule has 0 saturated heterocycles. The molecule has 0 atom stereocenters. The maximum Gasteiger partial charge on any atom is 0.143 e. The van der Waals surface area contributed by atoms with Gasteiger partial charge in [0.1, 0.15) is 22.2 Å². The molecule has 0 unspecified atom stereocenters. The molecule has 2 aromatic heterocycles. The largest absolute Gasteiger partial charge is 0.494 e. The van der Waals surface area contributed by atoms with Crippen molar-refractivity contribution in [1.29, 1.82) is 0 Å². The minimum Gasteiger partial charge on any atom is -0.494 e. The summed E-state index contributed by atoms with van der Waals surface area (Å²) in [5, 5.41) is 5.21. The third-order valence-electron chi connectivity index (χ3n) is 4.73. The summed E-state index contributed by atoms with van der Waals surface area (Å²) in [6.07, 6.45) is 0. The van der Waals surface area contributed by atoms with Gasteiger partial charge in [-0.15, -0.1) is 11.3 Å². The first kappa shape index (κ1) is 19.7. The molecule has 0 radical (unpaired) electrons. The first-order chi connectivity index (χ1) is 14.0. The van der Waals surface area contributed by atoms with Crippen LogP contribution in [0.4, 0.5) is 11.5 Å². The van der Waals surface area contributed by atoms with Crippen molar-refractivity contribution in [3.8, 4) is 16.9 Å². The van der Waals surface area contributed by atoms with Crippen molar-refractivity contribution in [2.75, 3.05) is 11.9 Å². The smallest absolute Gasteiger partial charge is 0.143 e. The Morgan fingerprint density at radius 3 is 2.48 bits per heavy atom. The number of anilines is 2. The fraction of sp³-hybridized carbons (Fsp3) is 0.217. The van der Waals surface area contributed by atoms with Gasteiger partial charge in [0.2, 0.25) is 0 Å². The second kappa shape index (κ2) is 8.01. The standard InChI is InChI=1S/C23H22ClN3OS/c1-5-28-18-10-7-16(8-11-18)20-14(3)29-23-21(20)22(25-15(4)26-23)27-17-9-6-13(2)19(24)12-17/h6-12H,5H2,1-4H3,(H,25,26,27). The quantitative estimate of drug-likeness (QED) is 0.372. The molecule has 6 heteroatoms. The molecule has 148 valence electrons. The number of fused-ring (bicyclic) bond motifs is 1. The van der Waals surface area contributed by atoms with Crippen LogP contribution in [0.1, 0.15) is 23.2 Å². The number of rotatable bonds is 5. The van der Waals surface area contributed by atoms with E-state index in [9.17, 15) is 0 Å². The second-order valence-corrected chi connectivity index (χ2v) is 8.49. The Bertz CT molecular complexity index is 1190. The zero-order valence-corrected chi connectivity index (χ0v) is 18.4. The van der Waals surface area contributed by atoms with Crippen LogP contribution in [0, 0.1) is 20.8 Å². The van der Waals surface area contributed by atoms with Crippen LogP contribution in [-0.2, 0) is 0 Å². The monoisotopic (exact) mass is 423 g/mol. The van der Waals surface area contributed by atoms with Crippen LogP contribution in [0.5, 0.6) is 5.75 Å². The average Bonchev–Trinajstić information content (AvgIpc) is 3.01. The summed E-state index contributed by atoms with van der Waals surface area (Å²) in [5.74, 6) is 2.39. The number of nitrogens with zero attached hydrogens (tertiary/aromatic N) is 2. The number of hydrogen-bond acceptors (Lipinski definition) is 5. The third kappa shape index (κ3) is 3.93. The molecular formula is C23H22ClN3OS. The van der Waals surface area contributed by atoms with Gasteiger partial charge in [-0.05, 0) is 63.1 Å². The average molecular weight is 424 g/mol. The topological polar surface area (TPSA) is 47.0 Å². The van der Waals surface area contributed by atoms with Gasteiger partial charge in [-0.3, -0.25) is 0 Å². The van der Waals surface area contributed by atoms with Crippen molar-refractivity contribution in [1.82, 2.24) is 9.97 Å². The van der Waals surface area contributed by atoms with E-state index < -0.39 is 0 Å². The highest BCUT2D eigenvalue weighted by Gasteiger charge is 2.18. The minimum absolute atomic E-state index is 0.653. The number of aryl methyl sites for hydroxylation is 3. The number of hydrogen-bond donors (Lipinski definition) is 1. The molecule has 2 heterocycles. The van der Waals surface area contributed by atoms with Crippen molar-refractivity contribution in [3.63, 3.8) is 0 Å². The summed E-state index contributed by atoms with van der Waals surface area (Å²) < 4.78 is 5.59. The highest BCUT2D eigenvalue weighted by atomic mass is 35.5. The molecule has 29 heavy (non-hydrogen) atoms. The Kier molecular flexibility index (Phi) is 5.43. The van der Waals surface area contributed by atoms with Gasteiger partial charge in [0.25, 0.3) is 0 Å². The maximum absolute atomic E-state index is 6.32. The summed E-state index contributed by atoms with van der Waals surface area (Å²) in [7, 11) is 0. The van der Waals surface area contributed by atoms with E-state index in [0.29, 0.717) is 6.61 Å². The molecule has 2 aromatic carbocycles. The third-order valence-corrected chi connectivity index (χ3v) is 6.13. The number of benzene rings is 2. The molecule has 0 aliphatic rings. The van der Waals surface area contributed by atoms with E-state index in [-0.39, 0.29) is 0 Å². The van der Waals surface area contributed by atoms with Crippen molar-refractivity contribution >= 4 is 44.7 Å². The number of halogens is 1. The lowest BCUT2D eigenvalue weighted by Gasteiger charge is -2.11. The number of aromatic nitrogens is 2. The predicted molar refractivity (Wildman–Crippen MR) is 123 cm³/mol. The van der Waals surface area contributed by atoms with Gasteiger partial charge in [-0.1, -0.05) is 29.8 Å². The Hall–Kier alpha value is -2.63. The molecule has 4 rings (SSSR count). The highest BCUT2D eigenvalue weighted by molar-refractivity contribution is 7.19. The number of nitrogens with one attached hydrogen (secondary N) is 1. The van der Waals surface area contributed by atoms with Crippen LogP contribution < -0.4 is 10.1 Å². The SMILES string of the molecule is CCOc1ccc(-c2c(C)sc3nc(C)nc(Nc4ccc(C)c(Cl)c4)c23)cc1. The second-order valence-electron chi connectivity index (χ2n) is 6.88. The summed E-state index contributed by atoms with van der Waals surface area (Å²) in [6, 6.07) is 14.1. The molecule has 4 nitrogen and oxygen atoms in total. The molecule has 0 spiro atoms. The van der Waals surface area contributed by atoms with Gasteiger partial charge in [-0.25, -0.2) is 9.97 Å². The Labute approximate surface area is 179 Å². The maximum atomic E-state index is 6.32. The highest BCUT2D eigenvalue weighted by Crippen LogP contribution is 2.42. The molecule has 0 bridgehead atoms. The van der Waals surface area contributed by atoms with Crippen LogP contribution in [0.15, 0.2) is 42.5 Å². The van der Waals surface area contributed by atoms with E-state index in [2.05, 4.69) is 29.4 Å². The molecule has 1 N–H and O–H groups in total. The van der Waals surface area contributed by atoms with Crippen LogP contribution >= 0.6 is 22.9 Å². The summed E-state index contributed by atoms with van der Waals surface area (Å²) in [4.78, 5) is 11.6. The Morgan fingerprint density at radius 1 is 1.03 bits per heavy atom. The Balaban J connectivity index is 1.85. The summed E-state index contributed by atoms with van der Waals surface area (Å²) in [6.45, 7) is 8.67. The van der Waals surface area contributed by atoms with Crippen LogP contribution in [0.3, 0.4) is 0 Å². The van der Waals surface area contributed by atoms with Crippen LogP contribution in [0.25, 0.3) is 21.3 Å². The van der Waals surface area contributed by atoms with Crippen LogP contribution in [-0.4, -0.2) is 16.6 Å². The van der Waals surface area contributed by atoms with Gasteiger partial charge in [0.05, 0.1) is 12.0 Å². The van der Waals surface area contributed by atoms with E-state index >= 15 is 0 Å². The zero-order chi connectivity index (χ0) is 20.5. The van der Waals surface area contributed by atoms with Crippen molar-refractivity contribution < 1.29 is 4.74 Å². The van der Waals surface area contributed by atoms with Crippen molar-refractivity contribution in [2.24, 2.45) is 0 Å². The van der Waals surface area contributed by atoms with E-state index in [4.69, 9.17) is 21.3 Å². The first-order valence-corrected chi connectivity index (χ1v) is 10.7. The lowest BCUT2D eigenvalue weighted by molar-refractivity contribution is 0.340. The predicted octanol–water partition coefficient (Wildman–Crippen LogP) is 7.08. The van der Waals surface area contributed by atoms with E-state index in [0.717, 1.165) is 55.0 Å². The summed E-state index contributed by atoms with van der Waals surface area (Å²) in [5.41, 5.74) is 4.22. The van der Waals surface area contributed by atoms with E-state index in [1.807, 2.05) is 51.1 Å². The van der Waals surface area contributed by atoms with Gasteiger partial charge in [-0.2, -0.15) is 0 Å². The molecule has 0 amide bonds. The Morgan fingerprint density at radius 2 is 1.79 bits per heavy atom. The molecule has 0 aliphatic carbocycles. The molecule has 0 saturated carbocycles. The fourth-order valence-electron chi connectivity index (χ4n) is 3.35. The zero-order valence-electron chi connectivity index (χ0n) is 16.8. The van der Waals surface area contributed by atoms with Gasteiger partial charge in [0, 0.05) is 21.2 Å². The normalized spacial score (nSPS) is 11.1. The van der Waals surface area contributed by atoms with Gasteiger partial charge < -0.3 is 10.1 Å². The van der Waals surface area contributed by atoms with Crippen molar-refractivity contribution in [3.05, 3.63) is 63.8 Å². The summed E-state index contributed by atoms with van der Waals surface area (Å²) >= 11 is 8.00. The van der Waals surface area contributed by atoms with Gasteiger partial charge in [0.15, 0.2) is 0 Å². The minimum atomic E-state index is 0.653. The lowest BCUT2D eigenvalue weighted by atomic mass is 10.0. The number of ether oxygens (including phenoxy) is 1. The molecule has 0 fully saturated rings. The van der Waals surface area contributed by atoms with Crippen molar-refractivity contribution in [2.45, 2.75) is 27.7 Å². The van der Waals surface area contributed by atoms with E-state index in [1.165, 1.54) is 4.88 Å². The van der Waals surface area contributed by atoms with Crippen LogP contribution in [0.2, 0.25) is 5.02 Å². The molecule has 0 aliphatic heterocycles. The lowest BCUT2D eigenvalue weighted by Crippen LogP contribution is -1.99. The first-order valence-electron chi connectivity index (χ1n) is 9.50. The van der Waals surface area contributed by atoms with E-state index in [1.54, 1.807) is 11.3 Å². The molecular weight excluding hydrogens is 402 g/mol.